The first-order chi connectivity index (χ1) is 12.4. The first-order valence-electron chi connectivity index (χ1n) is 9.09. The van der Waals surface area contributed by atoms with Gasteiger partial charge >= 0.3 is 0 Å². The molecule has 1 aromatic carbocycles. The number of hydrogen-bond donors (Lipinski definition) is 2. The molecule has 26 heavy (non-hydrogen) atoms. The van der Waals surface area contributed by atoms with E-state index in [1.165, 1.54) is 0 Å². The molecule has 1 unspecified atom stereocenters. The maximum atomic E-state index is 12.8. The molecule has 2 fully saturated rings. The molecule has 0 radical (unpaired) electrons. The molecule has 2 heterocycles. The molecule has 0 aromatic heterocycles. The average molecular weight is 356 g/mol. The van der Waals surface area contributed by atoms with E-state index in [-0.39, 0.29) is 29.7 Å². The molecule has 7 heteroatoms. The molecule has 1 aliphatic carbocycles. The molecule has 1 aromatic rings. The predicted octanol–water partition coefficient (Wildman–Crippen LogP) is 0.371. The maximum Gasteiger partial charge on any atom is 0.255 e. The van der Waals surface area contributed by atoms with Crippen LogP contribution in [-0.2, 0) is 22.7 Å². The molecular formula is C19H24N4O3. The topological polar surface area (TPSA) is 95.7 Å². The highest BCUT2D eigenvalue weighted by atomic mass is 16.2. The van der Waals surface area contributed by atoms with Gasteiger partial charge in [-0.1, -0.05) is 12.1 Å². The van der Waals surface area contributed by atoms with Gasteiger partial charge < -0.3 is 15.5 Å². The number of hydrogen-bond acceptors (Lipinski definition) is 5. The first-order valence-corrected chi connectivity index (χ1v) is 9.09. The molecule has 1 atom stereocenters. The van der Waals surface area contributed by atoms with Crippen LogP contribution in [0.1, 0.15) is 47.2 Å². The van der Waals surface area contributed by atoms with Crippen LogP contribution in [0.15, 0.2) is 18.2 Å². The molecule has 3 amide bonds. The minimum Gasteiger partial charge on any atom is -0.324 e. The lowest BCUT2D eigenvalue weighted by Gasteiger charge is -2.29. The average Bonchev–Trinajstić information content (AvgIpc) is 3.20. The highest BCUT2D eigenvalue weighted by Gasteiger charge is 2.41. The third-order valence-electron chi connectivity index (χ3n) is 5.60. The highest BCUT2D eigenvalue weighted by Crippen LogP contribution is 2.34. The standard InChI is InChI=1S/C19H24N4O3/c1-22(11-19(20)7-8-19)9-12-3-2-4-13-14(12)10-23(18(13)26)15-5-6-16(24)21-17(15)25/h2-4,15H,5-11,20H2,1H3,(H,21,24,25). The van der Waals surface area contributed by atoms with Crippen LogP contribution < -0.4 is 11.1 Å². The van der Waals surface area contributed by atoms with Crippen LogP contribution in [0.2, 0.25) is 0 Å². The summed E-state index contributed by atoms with van der Waals surface area (Å²) in [7, 11) is 2.04. The number of imide groups is 1. The monoisotopic (exact) mass is 356 g/mol. The van der Waals surface area contributed by atoms with Crippen molar-refractivity contribution in [3.05, 3.63) is 34.9 Å². The maximum absolute atomic E-state index is 12.8. The second-order valence-corrected chi connectivity index (χ2v) is 7.88. The SMILES string of the molecule is CN(Cc1cccc2c1CN(C1CCC(=O)NC1=O)C2=O)CC1(N)CC1. The van der Waals surface area contributed by atoms with Crippen LogP contribution >= 0.6 is 0 Å². The summed E-state index contributed by atoms with van der Waals surface area (Å²) in [4.78, 5) is 40.2. The smallest absolute Gasteiger partial charge is 0.255 e. The fourth-order valence-electron chi connectivity index (χ4n) is 4.00. The van der Waals surface area contributed by atoms with Gasteiger partial charge in [-0.2, -0.15) is 0 Å². The summed E-state index contributed by atoms with van der Waals surface area (Å²) in [5, 5.41) is 2.34. The lowest BCUT2D eigenvalue weighted by molar-refractivity contribution is -0.136. The molecular weight excluding hydrogens is 332 g/mol. The normalized spacial score (nSPS) is 24.0. The summed E-state index contributed by atoms with van der Waals surface area (Å²) in [5.74, 6) is -0.773. The van der Waals surface area contributed by atoms with Crippen LogP contribution in [0, 0.1) is 0 Å². The van der Waals surface area contributed by atoms with E-state index >= 15 is 0 Å². The molecule has 2 aliphatic heterocycles. The van der Waals surface area contributed by atoms with E-state index in [0.717, 1.165) is 37.1 Å². The van der Waals surface area contributed by atoms with Gasteiger partial charge in [0.1, 0.15) is 6.04 Å². The van der Waals surface area contributed by atoms with Crippen molar-refractivity contribution in [2.75, 3.05) is 13.6 Å². The molecule has 4 rings (SSSR count). The number of amides is 3. The molecule has 3 N–H and O–H groups in total. The number of piperidine rings is 1. The van der Waals surface area contributed by atoms with Crippen molar-refractivity contribution in [2.45, 2.75) is 50.4 Å². The fourth-order valence-corrected chi connectivity index (χ4v) is 4.00. The Morgan fingerprint density at radius 3 is 2.77 bits per heavy atom. The Labute approximate surface area is 152 Å². The van der Waals surface area contributed by atoms with E-state index in [1.807, 2.05) is 25.2 Å². The number of nitrogens with one attached hydrogen (secondary N) is 1. The number of likely N-dealkylation sites (N-methyl/N-ethyl adjacent to an activating group) is 1. The van der Waals surface area contributed by atoms with E-state index in [9.17, 15) is 14.4 Å². The Kier molecular flexibility index (Phi) is 4.08. The van der Waals surface area contributed by atoms with Crippen molar-refractivity contribution in [3.8, 4) is 0 Å². The van der Waals surface area contributed by atoms with Gasteiger partial charge in [-0.25, -0.2) is 0 Å². The van der Waals surface area contributed by atoms with E-state index < -0.39 is 6.04 Å². The Morgan fingerprint density at radius 2 is 2.08 bits per heavy atom. The number of carbonyl (C=O) groups is 3. The van der Waals surface area contributed by atoms with E-state index in [1.54, 1.807) is 4.90 Å². The van der Waals surface area contributed by atoms with Crippen molar-refractivity contribution < 1.29 is 14.4 Å². The molecule has 1 saturated heterocycles. The predicted molar refractivity (Wildman–Crippen MR) is 95.0 cm³/mol. The molecule has 138 valence electrons. The molecule has 7 nitrogen and oxygen atoms in total. The van der Waals surface area contributed by atoms with Gasteiger partial charge in [0, 0.05) is 37.2 Å². The van der Waals surface area contributed by atoms with Gasteiger partial charge in [-0.3, -0.25) is 19.7 Å². The highest BCUT2D eigenvalue weighted by molar-refractivity contribution is 6.05. The minimum atomic E-state index is -0.572. The number of nitrogens with zero attached hydrogens (tertiary/aromatic N) is 2. The van der Waals surface area contributed by atoms with E-state index in [0.29, 0.717) is 18.5 Å². The van der Waals surface area contributed by atoms with E-state index in [4.69, 9.17) is 5.73 Å². The Hall–Kier alpha value is -2.25. The summed E-state index contributed by atoms with van der Waals surface area (Å²) >= 11 is 0. The second kappa shape index (κ2) is 6.17. The largest absolute Gasteiger partial charge is 0.324 e. The van der Waals surface area contributed by atoms with Gasteiger partial charge in [0.05, 0.1) is 0 Å². The van der Waals surface area contributed by atoms with Gasteiger partial charge in [0.2, 0.25) is 11.8 Å². The lowest BCUT2D eigenvalue weighted by Crippen LogP contribution is -2.52. The molecule has 0 spiro atoms. The summed E-state index contributed by atoms with van der Waals surface area (Å²) < 4.78 is 0. The van der Waals surface area contributed by atoms with Crippen LogP contribution in [0.4, 0.5) is 0 Å². The quantitative estimate of drug-likeness (QED) is 0.743. The van der Waals surface area contributed by atoms with Gasteiger partial charge in [0.25, 0.3) is 5.91 Å². The Bertz CT molecular complexity index is 787. The molecule has 0 bridgehead atoms. The zero-order valence-corrected chi connectivity index (χ0v) is 15.0. The summed E-state index contributed by atoms with van der Waals surface area (Å²) in [5.41, 5.74) is 8.89. The number of carbonyl (C=O) groups excluding carboxylic acids is 3. The van der Waals surface area contributed by atoms with Crippen molar-refractivity contribution in [2.24, 2.45) is 5.73 Å². The molecule has 3 aliphatic rings. The van der Waals surface area contributed by atoms with Gasteiger partial charge in [-0.05, 0) is 43.5 Å². The van der Waals surface area contributed by atoms with Crippen LogP contribution in [0.3, 0.4) is 0 Å². The van der Waals surface area contributed by atoms with Crippen molar-refractivity contribution >= 4 is 17.7 Å². The van der Waals surface area contributed by atoms with E-state index in [2.05, 4.69) is 10.2 Å². The van der Waals surface area contributed by atoms with Crippen LogP contribution in [0.5, 0.6) is 0 Å². The molecule has 1 saturated carbocycles. The first kappa shape index (κ1) is 17.2. The van der Waals surface area contributed by atoms with Gasteiger partial charge in [-0.15, -0.1) is 0 Å². The third-order valence-corrected chi connectivity index (χ3v) is 5.60. The second-order valence-electron chi connectivity index (χ2n) is 7.88. The summed E-state index contributed by atoms with van der Waals surface area (Å²) in [6.07, 6.45) is 2.78. The van der Waals surface area contributed by atoms with Crippen molar-refractivity contribution in [1.82, 2.24) is 15.1 Å². The third kappa shape index (κ3) is 3.12. The van der Waals surface area contributed by atoms with Crippen molar-refractivity contribution in [1.29, 1.82) is 0 Å². The summed E-state index contributed by atoms with van der Waals surface area (Å²) in [6, 6.07) is 5.17. The fraction of sp³-hybridized carbons (Fsp3) is 0.526. The zero-order chi connectivity index (χ0) is 18.5. The lowest BCUT2D eigenvalue weighted by atomic mass is 10.0. The minimum absolute atomic E-state index is 0.0543. The zero-order valence-electron chi connectivity index (χ0n) is 15.0. The van der Waals surface area contributed by atoms with Crippen molar-refractivity contribution in [3.63, 3.8) is 0 Å². The number of fused-ring (bicyclic) bond motifs is 1. The number of benzene rings is 1. The summed E-state index contributed by atoms with van der Waals surface area (Å²) in [6.45, 7) is 1.97. The Morgan fingerprint density at radius 1 is 1.31 bits per heavy atom. The van der Waals surface area contributed by atoms with Crippen LogP contribution in [0.25, 0.3) is 0 Å². The Balaban J connectivity index is 1.52. The van der Waals surface area contributed by atoms with Gasteiger partial charge in [0.15, 0.2) is 0 Å². The number of nitrogens with two attached hydrogens (primary N) is 1. The number of rotatable bonds is 5. The van der Waals surface area contributed by atoms with Crippen LogP contribution in [-0.4, -0.2) is 52.7 Å².